The molecule has 0 atom stereocenters. The maximum Gasteiger partial charge on any atom is 0.230 e. The molecule has 0 unspecified atom stereocenters. The van der Waals surface area contributed by atoms with Crippen LogP contribution in [0.3, 0.4) is 0 Å². The molecule has 0 saturated heterocycles. The van der Waals surface area contributed by atoms with E-state index < -0.39 is 0 Å². The molecule has 0 fully saturated rings. The summed E-state index contributed by atoms with van der Waals surface area (Å²) in [6.07, 6.45) is 0.979. The predicted octanol–water partition coefficient (Wildman–Crippen LogP) is 4.48. The lowest BCUT2D eigenvalue weighted by atomic mass is 10.2. The van der Waals surface area contributed by atoms with Crippen LogP contribution in [0.25, 0.3) is 10.7 Å². The van der Waals surface area contributed by atoms with Gasteiger partial charge >= 0.3 is 0 Å². The van der Waals surface area contributed by atoms with Crippen LogP contribution < -0.4 is 5.32 Å². The molecule has 5 nitrogen and oxygen atoms in total. The fraction of sp³-hybridized carbons (Fsp3) is 0.278. The minimum absolute atomic E-state index is 0.0336. The smallest absolute Gasteiger partial charge is 0.230 e. The topological polar surface area (TPSA) is 59.8 Å². The van der Waals surface area contributed by atoms with Crippen LogP contribution >= 0.6 is 34.7 Å². The molecule has 0 radical (unpaired) electrons. The minimum atomic E-state index is -0.0336. The Labute approximate surface area is 165 Å². The average molecular weight is 407 g/mol. The average Bonchev–Trinajstić information content (AvgIpc) is 3.29. The van der Waals surface area contributed by atoms with Gasteiger partial charge in [0.05, 0.1) is 10.6 Å². The lowest BCUT2D eigenvalue weighted by Crippen LogP contribution is -2.24. The van der Waals surface area contributed by atoms with Gasteiger partial charge in [-0.1, -0.05) is 48.5 Å². The van der Waals surface area contributed by atoms with Crippen LogP contribution in [-0.2, 0) is 17.9 Å². The highest BCUT2D eigenvalue weighted by atomic mass is 35.5. The van der Waals surface area contributed by atoms with E-state index in [1.807, 2.05) is 41.8 Å². The molecule has 0 aliphatic heterocycles. The monoisotopic (exact) mass is 406 g/mol. The van der Waals surface area contributed by atoms with Gasteiger partial charge in [-0.3, -0.25) is 4.79 Å². The fourth-order valence-electron chi connectivity index (χ4n) is 2.39. The zero-order valence-electron chi connectivity index (χ0n) is 14.3. The van der Waals surface area contributed by atoms with Gasteiger partial charge in [0.1, 0.15) is 0 Å². The molecule has 0 saturated carbocycles. The highest BCUT2D eigenvalue weighted by Crippen LogP contribution is 2.27. The first kappa shape index (κ1) is 18.9. The summed E-state index contributed by atoms with van der Waals surface area (Å²) in [6.45, 7) is 3.43. The number of aromatic nitrogens is 3. The van der Waals surface area contributed by atoms with E-state index in [-0.39, 0.29) is 5.91 Å². The molecule has 3 aromatic rings. The second-order valence-electron chi connectivity index (χ2n) is 5.63. The van der Waals surface area contributed by atoms with Gasteiger partial charge in [-0.2, -0.15) is 0 Å². The quantitative estimate of drug-likeness (QED) is 0.560. The largest absolute Gasteiger partial charge is 0.351 e. The molecule has 2 heterocycles. The second kappa shape index (κ2) is 9.21. The Balaban J connectivity index is 1.58. The molecule has 1 aromatic carbocycles. The molecule has 0 spiro atoms. The van der Waals surface area contributed by atoms with Gasteiger partial charge in [-0.05, 0) is 35.6 Å². The Morgan fingerprint density at radius 2 is 2.08 bits per heavy atom. The normalized spacial score (nSPS) is 10.8. The summed E-state index contributed by atoms with van der Waals surface area (Å²) in [5, 5.41) is 15.0. The van der Waals surface area contributed by atoms with Gasteiger partial charge in [0, 0.05) is 18.1 Å². The first-order chi connectivity index (χ1) is 12.7. The number of benzene rings is 1. The first-order valence-electron chi connectivity index (χ1n) is 8.28. The number of thiophene rings is 1. The number of carbonyl (C=O) groups is 1. The van der Waals surface area contributed by atoms with Crippen LogP contribution in [0.15, 0.2) is 46.9 Å². The van der Waals surface area contributed by atoms with E-state index in [0.717, 1.165) is 34.4 Å². The summed E-state index contributed by atoms with van der Waals surface area (Å²) >= 11 is 8.92. The molecule has 136 valence electrons. The third-order valence-electron chi connectivity index (χ3n) is 3.64. The summed E-state index contributed by atoms with van der Waals surface area (Å²) in [4.78, 5) is 13.2. The molecule has 0 bridgehead atoms. The van der Waals surface area contributed by atoms with E-state index in [0.29, 0.717) is 17.3 Å². The van der Waals surface area contributed by atoms with Crippen LogP contribution in [-0.4, -0.2) is 26.4 Å². The van der Waals surface area contributed by atoms with Gasteiger partial charge in [0.15, 0.2) is 11.0 Å². The lowest BCUT2D eigenvalue weighted by Gasteiger charge is -2.08. The number of nitrogens with zero attached hydrogens (tertiary/aromatic N) is 3. The molecular weight excluding hydrogens is 388 g/mol. The molecule has 1 N–H and O–H groups in total. The van der Waals surface area contributed by atoms with E-state index in [4.69, 9.17) is 11.6 Å². The van der Waals surface area contributed by atoms with Crippen molar-refractivity contribution in [3.63, 3.8) is 0 Å². The Bertz CT molecular complexity index is 847. The zero-order chi connectivity index (χ0) is 18.4. The number of halogens is 1. The van der Waals surface area contributed by atoms with Gasteiger partial charge in [0.25, 0.3) is 0 Å². The van der Waals surface area contributed by atoms with E-state index >= 15 is 0 Å². The number of hydrogen-bond donors (Lipinski definition) is 1. The molecule has 0 aliphatic carbocycles. The Kier molecular flexibility index (Phi) is 6.71. The molecule has 2 aromatic heterocycles. The molecule has 26 heavy (non-hydrogen) atoms. The van der Waals surface area contributed by atoms with Gasteiger partial charge < -0.3 is 9.88 Å². The summed E-state index contributed by atoms with van der Waals surface area (Å²) in [5.41, 5.74) is 1.02. The standard InChI is InChI=1S/C18H19ClN4OS2/c1-2-9-23-17(15-4-3-10-25-15)21-22-18(23)26-12-16(24)20-11-13-5-7-14(19)8-6-13/h3-8,10H,2,9,11-12H2,1H3,(H,20,24). The van der Waals surface area contributed by atoms with E-state index in [9.17, 15) is 4.79 Å². The summed E-state index contributed by atoms with van der Waals surface area (Å²) < 4.78 is 2.09. The highest BCUT2D eigenvalue weighted by Gasteiger charge is 2.15. The zero-order valence-corrected chi connectivity index (χ0v) is 16.7. The summed E-state index contributed by atoms with van der Waals surface area (Å²) in [6, 6.07) is 11.5. The third kappa shape index (κ3) is 4.87. The van der Waals surface area contributed by atoms with Gasteiger partial charge in [-0.15, -0.1) is 21.5 Å². The maximum atomic E-state index is 12.1. The lowest BCUT2D eigenvalue weighted by molar-refractivity contribution is -0.118. The predicted molar refractivity (Wildman–Crippen MR) is 108 cm³/mol. The van der Waals surface area contributed by atoms with Crippen molar-refractivity contribution in [3.05, 3.63) is 52.4 Å². The third-order valence-corrected chi connectivity index (χ3v) is 5.73. The Morgan fingerprint density at radius 3 is 2.77 bits per heavy atom. The number of rotatable bonds is 8. The van der Waals surface area contributed by atoms with E-state index in [1.165, 1.54) is 11.8 Å². The summed E-state index contributed by atoms with van der Waals surface area (Å²) in [5.74, 6) is 1.14. The van der Waals surface area contributed by atoms with Crippen LogP contribution in [0.5, 0.6) is 0 Å². The van der Waals surface area contributed by atoms with Crippen molar-refractivity contribution in [1.82, 2.24) is 20.1 Å². The highest BCUT2D eigenvalue weighted by molar-refractivity contribution is 7.99. The number of amides is 1. The number of thioether (sulfide) groups is 1. The van der Waals surface area contributed by atoms with Crippen molar-refractivity contribution in [2.45, 2.75) is 31.6 Å². The SMILES string of the molecule is CCCn1c(SCC(=O)NCc2ccc(Cl)cc2)nnc1-c1cccs1. The molecule has 0 aliphatic rings. The first-order valence-corrected chi connectivity index (χ1v) is 10.5. The van der Waals surface area contributed by atoms with Crippen molar-refractivity contribution >= 4 is 40.6 Å². The van der Waals surface area contributed by atoms with Crippen molar-refractivity contribution < 1.29 is 4.79 Å². The number of hydrogen-bond acceptors (Lipinski definition) is 5. The number of nitrogens with one attached hydrogen (secondary N) is 1. The van der Waals surface area contributed by atoms with Crippen molar-refractivity contribution in [3.8, 4) is 10.7 Å². The molecular formula is C18H19ClN4OS2. The van der Waals surface area contributed by atoms with Crippen molar-refractivity contribution in [2.75, 3.05) is 5.75 Å². The van der Waals surface area contributed by atoms with Crippen LogP contribution in [0.2, 0.25) is 5.02 Å². The minimum Gasteiger partial charge on any atom is -0.351 e. The van der Waals surface area contributed by atoms with Crippen molar-refractivity contribution in [1.29, 1.82) is 0 Å². The summed E-state index contributed by atoms with van der Waals surface area (Å²) in [7, 11) is 0. The van der Waals surface area contributed by atoms with E-state index in [1.54, 1.807) is 11.3 Å². The molecule has 8 heteroatoms. The van der Waals surface area contributed by atoms with Gasteiger partial charge in [0.2, 0.25) is 5.91 Å². The van der Waals surface area contributed by atoms with Crippen LogP contribution in [0.4, 0.5) is 0 Å². The molecule has 3 rings (SSSR count). The number of carbonyl (C=O) groups excluding carboxylic acids is 1. The van der Waals surface area contributed by atoms with Gasteiger partial charge in [-0.25, -0.2) is 0 Å². The van der Waals surface area contributed by atoms with E-state index in [2.05, 4.69) is 27.0 Å². The molecule has 1 amide bonds. The maximum absolute atomic E-state index is 12.1. The van der Waals surface area contributed by atoms with Crippen LogP contribution in [0, 0.1) is 0 Å². The van der Waals surface area contributed by atoms with Crippen molar-refractivity contribution in [2.24, 2.45) is 0 Å². The Hall–Kier alpha value is -1.83. The second-order valence-corrected chi connectivity index (χ2v) is 7.95. The Morgan fingerprint density at radius 1 is 1.27 bits per heavy atom. The van der Waals surface area contributed by atoms with Crippen LogP contribution in [0.1, 0.15) is 18.9 Å². The fourth-order valence-corrected chi connectivity index (χ4v) is 4.03.